The smallest absolute Gasteiger partial charge is 0.257 e. The van der Waals surface area contributed by atoms with E-state index in [0.717, 1.165) is 17.7 Å². The zero-order chi connectivity index (χ0) is 16.7. The van der Waals surface area contributed by atoms with Gasteiger partial charge < -0.3 is 20.8 Å². The molecular formula is C18H22N2O3. The molecule has 5 heteroatoms. The molecule has 0 heterocycles. The van der Waals surface area contributed by atoms with Crippen molar-refractivity contribution in [2.75, 3.05) is 23.8 Å². The van der Waals surface area contributed by atoms with E-state index in [0.29, 0.717) is 11.3 Å². The van der Waals surface area contributed by atoms with E-state index in [1.54, 1.807) is 18.2 Å². The number of benzene rings is 2. The van der Waals surface area contributed by atoms with Gasteiger partial charge in [0, 0.05) is 17.9 Å². The molecule has 1 amide bonds. The molecular weight excluding hydrogens is 292 g/mol. The van der Waals surface area contributed by atoms with Gasteiger partial charge in [0.1, 0.15) is 0 Å². The van der Waals surface area contributed by atoms with Crippen LogP contribution in [-0.4, -0.2) is 35.4 Å². The number of aliphatic hydroxyl groups is 2. The van der Waals surface area contributed by atoms with Crippen molar-refractivity contribution < 1.29 is 15.0 Å². The van der Waals surface area contributed by atoms with Crippen LogP contribution in [0.3, 0.4) is 0 Å². The van der Waals surface area contributed by atoms with E-state index in [9.17, 15) is 9.90 Å². The van der Waals surface area contributed by atoms with Gasteiger partial charge in [-0.2, -0.15) is 0 Å². The van der Waals surface area contributed by atoms with Crippen molar-refractivity contribution in [2.24, 2.45) is 0 Å². The lowest BCUT2D eigenvalue weighted by Crippen LogP contribution is -2.24. The Hall–Kier alpha value is -2.37. The minimum Gasteiger partial charge on any atom is -0.394 e. The summed E-state index contributed by atoms with van der Waals surface area (Å²) in [6.07, 6.45) is -0.0362. The summed E-state index contributed by atoms with van der Waals surface area (Å²) in [5.41, 5.74) is 2.97. The largest absolute Gasteiger partial charge is 0.394 e. The number of nitrogens with one attached hydrogen (secondary N) is 2. The van der Waals surface area contributed by atoms with Crippen LogP contribution < -0.4 is 10.6 Å². The molecule has 2 aromatic carbocycles. The van der Waals surface area contributed by atoms with E-state index in [-0.39, 0.29) is 19.1 Å². The van der Waals surface area contributed by atoms with Crippen molar-refractivity contribution in [2.45, 2.75) is 19.4 Å². The number of aryl methyl sites for hydroxylation is 1. The summed E-state index contributed by atoms with van der Waals surface area (Å²) in [6.45, 7) is 1.88. The van der Waals surface area contributed by atoms with Crippen LogP contribution in [0.1, 0.15) is 22.8 Å². The Morgan fingerprint density at radius 1 is 1.09 bits per heavy atom. The SMILES string of the molecule is CCc1ccccc1NC(=O)c1ccccc1NCC(O)CO. The van der Waals surface area contributed by atoms with Crippen molar-refractivity contribution in [1.82, 2.24) is 0 Å². The zero-order valence-corrected chi connectivity index (χ0v) is 13.1. The van der Waals surface area contributed by atoms with Gasteiger partial charge >= 0.3 is 0 Å². The number of hydrogen-bond donors (Lipinski definition) is 4. The summed E-state index contributed by atoms with van der Waals surface area (Å²) in [6, 6.07) is 14.8. The molecule has 5 nitrogen and oxygen atoms in total. The predicted molar refractivity (Wildman–Crippen MR) is 91.8 cm³/mol. The first-order chi connectivity index (χ1) is 11.2. The Morgan fingerprint density at radius 3 is 2.43 bits per heavy atom. The molecule has 4 N–H and O–H groups in total. The summed E-state index contributed by atoms with van der Waals surface area (Å²) in [4.78, 5) is 12.6. The molecule has 23 heavy (non-hydrogen) atoms. The van der Waals surface area contributed by atoms with Crippen molar-refractivity contribution in [3.8, 4) is 0 Å². The molecule has 0 aliphatic rings. The lowest BCUT2D eigenvalue weighted by molar-refractivity contribution is 0.102. The molecule has 0 bridgehead atoms. The highest BCUT2D eigenvalue weighted by Gasteiger charge is 2.13. The fraction of sp³-hybridized carbons (Fsp3) is 0.278. The number of carbonyl (C=O) groups is 1. The lowest BCUT2D eigenvalue weighted by atomic mass is 10.1. The predicted octanol–water partition coefficient (Wildman–Crippen LogP) is 2.27. The first kappa shape index (κ1) is 17.0. The normalized spacial score (nSPS) is 11.8. The Bertz CT molecular complexity index is 658. The van der Waals surface area contributed by atoms with Gasteiger partial charge in [0.25, 0.3) is 5.91 Å². The molecule has 0 aliphatic heterocycles. The van der Waals surface area contributed by atoms with Gasteiger partial charge in [0.05, 0.1) is 18.3 Å². The number of para-hydroxylation sites is 2. The second-order valence-corrected chi connectivity index (χ2v) is 5.23. The van der Waals surface area contributed by atoms with Crippen molar-refractivity contribution in [3.63, 3.8) is 0 Å². The Morgan fingerprint density at radius 2 is 1.74 bits per heavy atom. The van der Waals surface area contributed by atoms with Crippen LogP contribution in [0.2, 0.25) is 0 Å². The van der Waals surface area contributed by atoms with Crippen molar-refractivity contribution in [3.05, 3.63) is 59.7 Å². The van der Waals surface area contributed by atoms with Gasteiger partial charge in [-0.1, -0.05) is 37.3 Å². The second kappa shape index (κ2) is 8.31. The molecule has 0 aliphatic carbocycles. The molecule has 0 spiro atoms. The maximum atomic E-state index is 12.6. The van der Waals surface area contributed by atoms with Crippen LogP contribution in [0, 0.1) is 0 Å². The highest BCUT2D eigenvalue weighted by molar-refractivity contribution is 6.08. The number of hydrogen-bond acceptors (Lipinski definition) is 4. The Kier molecular flexibility index (Phi) is 6.14. The molecule has 0 radical (unpaired) electrons. The first-order valence-electron chi connectivity index (χ1n) is 7.66. The molecule has 2 aromatic rings. The molecule has 2 rings (SSSR count). The second-order valence-electron chi connectivity index (χ2n) is 5.23. The maximum Gasteiger partial charge on any atom is 0.257 e. The third kappa shape index (κ3) is 4.55. The molecule has 1 unspecified atom stereocenters. The highest BCUT2D eigenvalue weighted by atomic mass is 16.3. The third-order valence-corrected chi connectivity index (χ3v) is 3.56. The fourth-order valence-electron chi connectivity index (χ4n) is 2.27. The minimum absolute atomic E-state index is 0.173. The third-order valence-electron chi connectivity index (χ3n) is 3.56. The number of aliphatic hydroxyl groups excluding tert-OH is 2. The van der Waals surface area contributed by atoms with Crippen molar-refractivity contribution >= 4 is 17.3 Å². The first-order valence-corrected chi connectivity index (χ1v) is 7.66. The minimum atomic E-state index is -0.869. The molecule has 0 saturated carbocycles. The number of rotatable bonds is 7. The average Bonchev–Trinajstić information content (AvgIpc) is 2.60. The average molecular weight is 314 g/mol. The van der Waals surface area contributed by atoms with E-state index in [1.807, 2.05) is 37.3 Å². The summed E-state index contributed by atoms with van der Waals surface area (Å²) in [5, 5.41) is 24.2. The van der Waals surface area contributed by atoms with Gasteiger partial charge in [-0.25, -0.2) is 0 Å². The van der Waals surface area contributed by atoms with Crippen LogP contribution >= 0.6 is 0 Å². The monoisotopic (exact) mass is 314 g/mol. The van der Waals surface area contributed by atoms with E-state index in [1.165, 1.54) is 0 Å². The topological polar surface area (TPSA) is 81.6 Å². The standard InChI is InChI=1S/C18H22N2O3/c1-2-13-7-3-5-9-16(13)20-18(23)15-8-4-6-10-17(15)19-11-14(22)12-21/h3-10,14,19,21-22H,2,11-12H2,1H3,(H,20,23). The van der Waals surface area contributed by atoms with Gasteiger partial charge in [-0.15, -0.1) is 0 Å². The van der Waals surface area contributed by atoms with Crippen LogP contribution in [0.5, 0.6) is 0 Å². The quantitative estimate of drug-likeness (QED) is 0.632. The fourth-order valence-corrected chi connectivity index (χ4v) is 2.27. The maximum absolute atomic E-state index is 12.6. The highest BCUT2D eigenvalue weighted by Crippen LogP contribution is 2.20. The molecule has 1 atom stereocenters. The van der Waals surface area contributed by atoms with Gasteiger partial charge in [0.2, 0.25) is 0 Å². The summed E-state index contributed by atoms with van der Waals surface area (Å²) < 4.78 is 0. The van der Waals surface area contributed by atoms with E-state index >= 15 is 0 Å². The summed E-state index contributed by atoms with van der Waals surface area (Å²) in [7, 11) is 0. The van der Waals surface area contributed by atoms with Crippen LogP contribution in [-0.2, 0) is 6.42 Å². The lowest BCUT2D eigenvalue weighted by Gasteiger charge is -2.15. The van der Waals surface area contributed by atoms with Gasteiger partial charge in [-0.05, 0) is 30.2 Å². The number of carbonyl (C=O) groups excluding carboxylic acids is 1. The molecule has 0 aromatic heterocycles. The summed E-state index contributed by atoms with van der Waals surface area (Å²) >= 11 is 0. The number of amides is 1. The summed E-state index contributed by atoms with van der Waals surface area (Å²) in [5.74, 6) is -0.215. The van der Waals surface area contributed by atoms with Crippen LogP contribution in [0.25, 0.3) is 0 Å². The zero-order valence-electron chi connectivity index (χ0n) is 13.1. The molecule has 122 valence electrons. The molecule has 0 fully saturated rings. The van der Waals surface area contributed by atoms with Crippen molar-refractivity contribution in [1.29, 1.82) is 0 Å². The van der Waals surface area contributed by atoms with Crippen LogP contribution in [0.4, 0.5) is 11.4 Å². The Labute approximate surface area is 136 Å². The van der Waals surface area contributed by atoms with Crippen LogP contribution in [0.15, 0.2) is 48.5 Å². The van der Waals surface area contributed by atoms with Gasteiger partial charge in [-0.3, -0.25) is 4.79 Å². The number of anilines is 2. The Balaban J connectivity index is 2.16. The molecule has 0 saturated heterocycles. The van der Waals surface area contributed by atoms with E-state index < -0.39 is 6.10 Å². The van der Waals surface area contributed by atoms with E-state index in [4.69, 9.17) is 5.11 Å². The van der Waals surface area contributed by atoms with E-state index in [2.05, 4.69) is 10.6 Å². The van der Waals surface area contributed by atoms with Gasteiger partial charge in [0.15, 0.2) is 0 Å².